The number of benzene rings is 1. The number of halogens is 1. The Morgan fingerprint density at radius 2 is 2.03 bits per heavy atom. The molecule has 31 heavy (non-hydrogen) atoms. The minimum Gasteiger partial charge on any atom is -0.490 e. The fourth-order valence-corrected chi connectivity index (χ4v) is 5.63. The van der Waals surface area contributed by atoms with Crippen LogP contribution in [0.3, 0.4) is 0 Å². The predicted octanol–water partition coefficient (Wildman–Crippen LogP) is 4.00. The van der Waals surface area contributed by atoms with Crippen LogP contribution in [0.15, 0.2) is 29.3 Å². The highest BCUT2D eigenvalue weighted by molar-refractivity contribution is 5.92. The normalized spacial score (nSPS) is 21.0. The van der Waals surface area contributed by atoms with E-state index in [1.807, 2.05) is 19.9 Å². The molecule has 0 fully saturated rings. The van der Waals surface area contributed by atoms with E-state index < -0.39 is 5.60 Å². The molecule has 1 aromatic carbocycles. The van der Waals surface area contributed by atoms with Crippen molar-refractivity contribution < 1.29 is 14.2 Å². The Kier molecular flexibility index (Phi) is 3.65. The van der Waals surface area contributed by atoms with E-state index in [2.05, 4.69) is 6.58 Å². The van der Waals surface area contributed by atoms with Gasteiger partial charge in [0.15, 0.2) is 0 Å². The Bertz CT molecular complexity index is 1400. The van der Waals surface area contributed by atoms with E-state index in [0.29, 0.717) is 46.6 Å². The summed E-state index contributed by atoms with van der Waals surface area (Å²) in [5, 5.41) is 12.3. The lowest BCUT2D eigenvalue weighted by Gasteiger charge is -2.35. The molecule has 3 aliphatic rings. The molecule has 1 atom stereocenters. The molecule has 2 aromatic heterocycles. The first-order valence-electron chi connectivity index (χ1n) is 10.8. The summed E-state index contributed by atoms with van der Waals surface area (Å²) in [6, 6.07) is 3.38. The van der Waals surface area contributed by atoms with Crippen molar-refractivity contribution in [1.82, 2.24) is 9.55 Å². The number of aryl methyl sites for hydroxylation is 2. The molecule has 1 aliphatic carbocycles. The zero-order valence-corrected chi connectivity index (χ0v) is 17.6. The van der Waals surface area contributed by atoms with Gasteiger partial charge in [0.25, 0.3) is 5.56 Å². The summed E-state index contributed by atoms with van der Waals surface area (Å²) in [5.41, 5.74) is 5.42. The Morgan fingerprint density at radius 1 is 1.26 bits per heavy atom. The number of pyridine rings is 2. The largest absolute Gasteiger partial charge is 0.490 e. The molecular weight excluding hydrogens is 395 g/mol. The molecule has 0 unspecified atom stereocenters. The van der Waals surface area contributed by atoms with Gasteiger partial charge in [-0.2, -0.15) is 0 Å². The van der Waals surface area contributed by atoms with Gasteiger partial charge in [0.1, 0.15) is 23.8 Å². The zero-order chi connectivity index (χ0) is 21.7. The van der Waals surface area contributed by atoms with Crippen LogP contribution in [0.4, 0.5) is 4.39 Å². The lowest BCUT2D eigenvalue weighted by molar-refractivity contribution is -0.0172. The Hall–Kier alpha value is -2.99. The number of fused-ring (bicyclic) bond motifs is 5. The summed E-state index contributed by atoms with van der Waals surface area (Å²) < 4.78 is 21.9. The van der Waals surface area contributed by atoms with Crippen molar-refractivity contribution in [3.63, 3.8) is 0 Å². The van der Waals surface area contributed by atoms with E-state index in [1.165, 1.54) is 11.6 Å². The SMILES string of the molecule is C=C1OCc2c(cc3n(c2=O)Cc2c-3nc3cc(F)c(C)c4c3c2CCC4)[C@@]1(O)CC. The number of aromatic nitrogens is 2. The highest BCUT2D eigenvalue weighted by Gasteiger charge is 2.41. The van der Waals surface area contributed by atoms with Crippen molar-refractivity contribution in [3.05, 3.63) is 74.0 Å². The maximum atomic E-state index is 14.6. The van der Waals surface area contributed by atoms with Crippen LogP contribution in [-0.4, -0.2) is 14.7 Å². The van der Waals surface area contributed by atoms with Crippen LogP contribution in [0.2, 0.25) is 0 Å². The highest BCUT2D eigenvalue weighted by atomic mass is 19.1. The smallest absolute Gasteiger partial charge is 0.258 e. The first-order valence-corrected chi connectivity index (χ1v) is 10.8. The van der Waals surface area contributed by atoms with Crippen molar-refractivity contribution in [1.29, 1.82) is 0 Å². The van der Waals surface area contributed by atoms with E-state index in [9.17, 15) is 14.3 Å². The molecule has 2 aliphatic heterocycles. The number of aliphatic hydroxyl groups is 1. The van der Waals surface area contributed by atoms with Crippen LogP contribution in [0.25, 0.3) is 22.3 Å². The topological polar surface area (TPSA) is 64.4 Å². The highest BCUT2D eigenvalue weighted by Crippen LogP contribution is 2.44. The van der Waals surface area contributed by atoms with Gasteiger partial charge in [0.2, 0.25) is 0 Å². The van der Waals surface area contributed by atoms with Crippen LogP contribution < -0.4 is 5.56 Å². The molecule has 5 nitrogen and oxygen atoms in total. The molecule has 0 bridgehead atoms. The maximum absolute atomic E-state index is 14.6. The number of hydrogen-bond donors (Lipinski definition) is 1. The van der Waals surface area contributed by atoms with Crippen molar-refractivity contribution >= 4 is 10.9 Å². The summed E-state index contributed by atoms with van der Waals surface area (Å²) in [6.45, 7) is 8.08. The van der Waals surface area contributed by atoms with Gasteiger partial charge in [-0.15, -0.1) is 0 Å². The van der Waals surface area contributed by atoms with E-state index in [1.54, 1.807) is 4.57 Å². The molecule has 0 amide bonds. The van der Waals surface area contributed by atoms with E-state index >= 15 is 0 Å². The molecule has 158 valence electrons. The lowest BCUT2D eigenvalue weighted by atomic mass is 9.84. The van der Waals surface area contributed by atoms with Gasteiger partial charge in [0, 0.05) is 22.6 Å². The average Bonchev–Trinajstić information content (AvgIpc) is 3.14. The summed E-state index contributed by atoms with van der Waals surface area (Å²) >= 11 is 0. The summed E-state index contributed by atoms with van der Waals surface area (Å²) in [5.74, 6) is 0.0197. The Labute approximate surface area is 178 Å². The number of nitrogens with zero attached hydrogens (tertiary/aromatic N) is 2. The van der Waals surface area contributed by atoms with Crippen molar-refractivity contribution in [2.45, 2.75) is 58.3 Å². The molecule has 0 radical (unpaired) electrons. The second-order valence-corrected chi connectivity index (χ2v) is 8.87. The van der Waals surface area contributed by atoms with Crippen LogP contribution in [0.1, 0.15) is 53.1 Å². The molecule has 6 heteroatoms. The van der Waals surface area contributed by atoms with Crippen LogP contribution in [0.5, 0.6) is 0 Å². The first-order chi connectivity index (χ1) is 14.8. The number of hydrogen-bond acceptors (Lipinski definition) is 4. The van der Waals surface area contributed by atoms with Gasteiger partial charge in [-0.1, -0.05) is 13.5 Å². The van der Waals surface area contributed by atoms with Crippen molar-refractivity contribution in [3.8, 4) is 11.4 Å². The quantitative estimate of drug-likeness (QED) is 0.508. The van der Waals surface area contributed by atoms with Gasteiger partial charge in [-0.25, -0.2) is 9.37 Å². The van der Waals surface area contributed by atoms with Crippen molar-refractivity contribution in [2.24, 2.45) is 0 Å². The second-order valence-electron chi connectivity index (χ2n) is 8.87. The van der Waals surface area contributed by atoms with Gasteiger partial charge in [-0.3, -0.25) is 4.79 Å². The fraction of sp³-hybridized carbons (Fsp3) is 0.360. The van der Waals surface area contributed by atoms with Gasteiger partial charge in [-0.05, 0) is 55.4 Å². The molecule has 0 saturated carbocycles. The van der Waals surface area contributed by atoms with E-state index in [-0.39, 0.29) is 23.7 Å². The lowest BCUT2D eigenvalue weighted by Crippen LogP contribution is -2.38. The third kappa shape index (κ3) is 2.23. The van der Waals surface area contributed by atoms with Gasteiger partial charge in [0.05, 0.1) is 29.0 Å². The molecule has 0 saturated heterocycles. The summed E-state index contributed by atoms with van der Waals surface area (Å²) in [4.78, 5) is 18.3. The average molecular weight is 418 g/mol. The fourth-order valence-electron chi connectivity index (χ4n) is 5.63. The standard InChI is InChI=1S/C25H23FN2O3/c1-4-25(30)13(3)31-11-17-18(25)8-21-23-16(10-28(21)24(17)29)15-7-5-6-14-12(2)19(26)9-20(27-23)22(14)15/h8-9,30H,3-7,10-11H2,1-2H3/t25-/m1/s1. The number of rotatable bonds is 1. The maximum Gasteiger partial charge on any atom is 0.258 e. The van der Waals surface area contributed by atoms with Gasteiger partial charge >= 0.3 is 0 Å². The Morgan fingerprint density at radius 3 is 2.81 bits per heavy atom. The van der Waals surface area contributed by atoms with Crippen molar-refractivity contribution in [2.75, 3.05) is 0 Å². The van der Waals surface area contributed by atoms with E-state index in [0.717, 1.165) is 35.8 Å². The summed E-state index contributed by atoms with van der Waals surface area (Å²) in [7, 11) is 0. The minimum atomic E-state index is -1.41. The van der Waals surface area contributed by atoms with Gasteiger partial charge < -0.3 is 14.4 Å². The molecule has 1 N–H and O–H groups in total. The molecule has 3 aromatic rings. The van der Waals surface area contributed by atoms with Crippen LogP contribution in [0, 0.1) is 12.7 Å². The third-order valence-electron chi connectivity index (χ3n) is 7.44. The monoisotopic (exact) mass is 418 g/mol. The first kappa shape index (κ1) is 18.8. The molecular formula is C25H23FN2O3. The van der Waals surface area contributed by atoms with E-state index in [4.69, 9.17) is 9.72 Å². The zero-order valence-electron chi connectivity index (χ0n) is 17.6. The third-order valence-corrected chi connectivity index (χ3v) is 7.44. The Balaban J connectivity index is 1.68. The molecule has 4 heterocycles. The van der Waals surface area contributed by atoms with Crippen LogP contribution >= 0.6 is 0 Å². The minimum absolute atomic E-state index is 0.1000. The molecule has 6 rings (SSSR count). The predicted molar refractivity (Wildman–Crippen MR) is 115 cm³/mol. The number of ether oxygens (including phenoxy) is 1. The second kappa shape index (κ2) is 6.04. The summed E-state index contributed by atoms with van der Waals surface area (Å²) in [6.07, 6.45) is 3.03. The van der Waals surface area contributed by atoms with Crippen LogP contribution in [-0.2, 0) is 36.3 Å². The molecule has 0 spiro atoms.